The fraction of sp³-hybridized carbons (Fsp3) is 0.895. The van der Waals surface area contributed by atoms with E-state index in [0.717, 1.165) is 0 Å². The minimum atomic E-state index is -1.90. The number of alkyl halides is 3. The van der Waals surface area contributed by atoms with Gasteiger partial charge in [0.2, 0.25) is 10.1 Å². The van der Waals surface area contributed by atoms with Crippen molar-refractivity contribution < 1.29 is 38.0 Å². The molecule has 2 saturated heterocycles. The lowest BCUT2D eigenvalue weighted by Gasteiger charge is -2.41. The average Bonchev–Trinajstić information content (AvgIpc) is 3.04. The lowest BCUT2D eigenvalue weighted by molar-refractivity contribution is -0.282. The quantitative estimate of drug-likeness (QED) is 0.437. The summed E-state index contributed by atoms with van der Waals surface area (Å²) in [6.07, 6.45) is -5.73. The summed E-state index contributed by atoms with van der Waals surface area (Å²) in [7, 11) is 1.39. The van der Waals surface area contributed by atoms with Crippen LogP contribution in [0.1, 0.15) is 41.5 Å². The monoisotopic (exact) mass is 490 g/mol. The highest BCUT2D eigenvalue weighted by Crippen LogP contribution is 2.43. The summed E-state index contributed by atoms with van der Waals surface area (Å²) in [4.78, 5) is 24.7. The summed E-state index contributed by atoms with van der Waals surface area (Å²) in [6.45, 7) is 10.2. The largest absolute Gasteiger partial charge is 0.462 e. The molecule has 0 aromatic carbocycles. The van der Waals surface area contributed by atoms with E-state index in [0.29, 0.717) is 0 Å². The van der Waals surface area contributed by atoms with E-state index in [9.17, 15) is 9.59 Å². The molecule has 0 unspecified atom stereocenters. The summed E-state index contributed by atoms with van der Waals surface area (Å²) < 4.78 is 31.9. The minimum absolute atomic E-state index is 0.146. The summed E-state index contributed by atoms with van der Waals surface area (Å²) in [6, 6.07) is 0. The first-order chi connectivity index (χ1) is 13.6. The molecule has 0 radical (unpaired) electrons. The van der Waals surface area contributed by atoms with Gasteiger partial charge in [-0.1, -0.05) is 34.8 Å². The van der Waals surface area contributed by atoms with Crippen molar-refractivity contribution in [3.63, 3.8) is 0 Å². The van der Waals surface area contributed by atoms with Crippen LogP contribution in [0.2, 0.25) is 0 Å². The minimum Gasteiger partial charge on any atom is -0.462 e. The molecule has 2 heterocycles. The first-order valence-corrected chi connectivity index (χ1v) is 10.6. The highest BCUT2D eigenvalue weighted by Gasteiger charge is 2.58. The highest BCUT2D eigenvalue weighted by atomic mass is 35.6. The first kappa shape index (κ1) is 25.9. The second kappa shape index (κ2) is 9.25. The van der Waals surface area contributed by atoms with Crippen molar-refractivity contribution in [2.75, 3.05) is 13.7 Å². The molecular formula is C19H29Cl3O8. The molecule has 11 heteroatoms. The Morgan fingerprint density at radius 3 is 1.87 bits per heavy atom. The maximum Gasteiger partial charge on any atom is 0.311 e. The van der Waals surface area contributed by atoms with Crippen molar-refractivity contribution in [3.8, 4) is 0 Å². The van der Waals surface area contributed by atoms with Crippen LogP contribution in [-0.2, 0) is 38.0 Å². The number of rotatable bonds is 4. The third kappa shape index (κ3) is 6.12. The fourth-order valence-corrected chi connectivity index (χ4v) is 3.10. The lowest BCUT2D eigenvalue weighted by atomic mass is 9.95. The second-order valence-corrected chi connectivity index (χ2v) is 11.7. The van der Waals surface area contributed by atoms with Gasteiger partial charge in [0.1, 0.15) is 24.9 Å². The molecule has 0 N–H and O–H groups in total. The van der Waals surface area contributed by atoms with Gasteiger partial charge in [0.15, 0.2) is 12.4 Å². The predicted octanol–water partition coefficient (Wildman–Crippen LogP) is 3.39. The zero-order chi connectivity index (χ0) is 23.1. The smallest absolute Gasteiger partial charge is 0.311 e. The van der Waals surface area contributed by atoms with E-state index >= 15 is 0 Å². The summed E-state index contributed by atoms with van der Waals surface area (Å²) in [5, 5.41) is 0. The van der Waals surface area contributed by atoms with Crippen LogP contribution < -0.4 is 0 Å². The number of hydrogen-bond donors (Lipinski definition) is 0. The molecule has 2 rings (SSSR count). The van der Waals surface area contributed by atoms with E-state index in [1.807, 2.05) is 0 Å². The van der Waals surface area contributed by atoms with Crippen LogP contribution >= 0.6 is 34.8 Å². The molecule has 2 fully saturated rings. The van der Waals surface area contributed by atoms with Crippen molar-refractivity contribution in [3.05, 3.63) is 0 Å². The Morgan fingerprint density at radius 2 is 1.40 bits per heavy atom. The molecule has 0 amide bonds. The van der Waals surface area contributed by atoms with Crippen LogP contribution in [0.4, 0.5) is 0 Å². The van der Waals surface area contributed by atoms with Gasteiger partial charge in [-0.05, 0) is 41.5 Å². The molecular weight excluding hydrogens is 463 g/mol. The maximum atomic E-state index is 12.5. The molecule has 0 aromatic rings. The molecule has 174 valence electrons. The Bertz CT molecular complexity index is 637. The van der Waals surface area contributed by atoms with Crippen molar-refractivity contribution in [2.45, 2.75) is 82.3 Å². The third-order valence-corrected chi connectivity index (χ3v) is 5.03. The molecule has 30 heavy (non-hydrogen) atoms. The third-order valence-electron chi connectivity index (χ3n) is 4.50. The fourth-order valence-electron chi connectivity index (χ4n) is 2.79. The Balaban J connectivity index is 2.26. The number of fused-ring (bicyclic) bond motifs is 1. The van der Waals surface area contributed by atoms with Gasteiger partial charge in [0.25, 0.3) is 0 Å². The number of esters is 2. The molecule has 2 aliphatic heterocycles. The Hall–Kier alpha value is -0.350. The normalized spacial score (nSPS) is 32.5. The lowest BCUT2D eigenvalue weighted by Crippen LogP contribution is -2.59. The van der Waals surface area contributed by atoms with E-state index in [1.165, 1.54) is 7.11 Å². The van der Waals surface area contributed by atoms with Crippen LogP contribution in [0.15, 0.2) is 0 Å². The molecule has 2 aliphatic rings. The molecule has 6 atom stereocenters. The van der Waals surface area contributed by atoms with Gasteiger partial charge in [0.05, 0.1) is 10.8 Å². The number of ether oxygens (including phenoxy) is 6. The van der Waals surface area contributed by atoms with Crippen LogP contribution in [0.3, 0.4) is 0 Å². The van der Waals surface area contributed by atoms with Gasteiger partial charge in [-0.3, -0.25) is 9.59 Å². The van der Waals surface area contributed by atoms with Gasteiger partial charge >= 0.3 is 11.9 Å². The van der Waals surface area contributed by atoms with Crippen LogP contribution in [0.5, 0.6) is 0 Å². The Labute approximate surface area is 191 Å². The zero-order valence-corrected chi connectivity index (χ0v) is 20.3. The molecule has 0 aliphatic carbocycles. The van der Waals surface area contributed by atoms with Crippen molar-refractivity contribution in [2.24, 2.45) is 10.8 Å². The standard InChI is InChI=1S/C19H29Cl3O8/c1-17(2,3)14(23)26-8-9-10-11(30-16(29-10)19(20,21)22)12(13(25-7)27-9)28-15(24)18(4,5)6/h9-13,16H,8H2,1-7H3/t9-,10-,11-,12+,13+,16+/m1/s1. The number of halogens is 3. The van der Waals surface area contributed by atoms with E-state index in [4.69, 9.17) is 63.2 Å². The number of hydrogen-bond acceptors (Lipinski definition) is 8. The Morgan fingerprint density at radius 1 is 0.867 bits per heavy atom. The zero-order valence-electron chi connectivity index (χ0n) is 18.1. The first-order valence-electron chi connectivity index (χ1n) is 9.50. The number of methoxy groups -OCH3 is 1. The number of carbonyl (C=O) groups excluding carboxylic acids is 2. The highest BCUT2D eigenvalue weighted by molar-refractivity contribution is 6.67. The van der Waals surface area contributed by atoms with Crippen LogP contribution in [0.25, 0.3) is 0 Å². The van der Waals surface area contributed by atoms with Gasteiger partial charge in [-0.2, -0.15) is 0 Å². The van der Waals surface area contributed by atoms with Gasteiger partial charge in [-0.25, -0.2) is 0 Å². The van der Waals surface area contributed by atoms with Crippen molar-refractivity contribution in [1.29, 1.82) is 0 Å². The predicted molar refractivity (Wildman–Crippen MR) is 109 cm³/mol. The van der Waals surface area contributed by atoms with Crippen LogP contribution in [-0.4, -0.2) is 66.4 Å². The van der Waals surface area contributed by atoms with E-state index in [1.54, 1.807) is 41.5 Å². The average molecular weight is 492 g/mol. The topological polar surface area (TPSA) is 89.5 Å². The summed E-state index contributed by atoms with van der Waals surface area (Å²) in [5.41, 5.74) is -1.48. The summed E-state index contributed by atoms with van der Waals surface area (Å²) >= 11 is 17.9. The Kier molecular flexibility index (Phi) is 7.99. The van der Waals surface area contributed by atoms with E-state index in [-0.39, 0.29) is 6.61 Å². The van der Waals surface area contributed by atoms with E-state index < -0.39 is 63.6 Å². The molecule has 8 nitrogen and oxygen atoms in total. The molecule has 0 aromatic heterocycles. The molecule has 0 bridgehead atoms. The van der Waals surface area contributed by atoms with Gasteiger partial charge in [0, 0.05) is 7.11 Å². The van der Waals surface area contributed by atoms with Crippen LogP contribution in [0, 0.1) is 10.8 Å². The van der Waals surface area contributed by atoms with E-state index in [2.05, 4.69) is 0 Å². The maximum absolute atomic E-state index is 12.5. The summed E-state index contributed by atoms with van der Waals surface area (Å²) in [5.74, 6) is -0.912. The second-order valence-electron chi connectivity index (χ2n) is 9.32. The van der Waals surface area contributed by atoms with Gasteiger partial charge < -0.3 is 28.4 Å². The molecule has 0 saturated carbocycles. The van der Waals surface area contributed by atoms with Crippen molar-refractivity contribution in [1.82, 2.24) is 0 Å². The molecule has 0 spiro atoms. The van der Waals surface area contributed by atoms with Gasteiger partial charge in [-0.15, -0.1) is 0 Å². The van der Waals surface area contributed by atoms with Crippen molar-refractivity contribution >= 4 is 46.7 Å². The SMILES string of the molecule is CO[C@H]1O[C@H](COC(=O)C(C)(C)C)[C@H]2O[C@H](C(Cl)(Cl)Cl)O[C@H]2[C@@H]1OC(=O)C(C)(C)C. The number of carbonyl (C=O) groups is 2.